The maximum Gasteiger partial charge on any atom is 0.311 e. The molecule has 0 aliphatic heterocycles. The molecule has 0 bridgehead atoms. The smallest absolute Gasteiger partial charge is 0.311 e. The van der Waals surface area contributed by atoms with Gasteiger partial charge in [0.2, 0.25) is 0 Å². The fraction of sp³-hybridized carbons (Fsp3) is 0.500. The molecule has 0 aromatic rings. The fourth-order valence-electron chi connectivity index (χ4n) is 0.919. The van der Waals surface area contributed by atoms with E-state index in [0.717, 1.165) is 0 Å². The molecule has 0 rings (SSSR count). The topological polar surface area (TPSA) is 110 Å². The van der Waals surface area contributed by atoms with Gasteiger partial charge in [0, 0.05) is 14.1 Å². The number of esters is 1. The lowest BCUT2D eigenvalue weighted by atomic mass is 10.3. The Hall–Kier alpha value is -1.81. The number of nitrogens with zero attached hydrogens (tertiary/aromatic N) is 4. The summed E-state index contributed by atoms with van der Waals surface area (Å²) in [5, 5.41) is 10.6. The molecule has 0 aliphatic rings. The lowest BCUT2D eigenvalue weighted by molar-refractivity contribution is -0.141. The first-order valence-corrected chi connectivity index (χ1v) is 6.43. The van der Waals surface area contributed by atoms with Gasteiger partial charge in [0.1, 0.15) is 0 Å². The van der Waals surface area contributed by atoms with E-state index in [2.05, 4.69) is 10.2 Å². The normalized spacial score (nSPS) is 11.2. The zero-order valence-electron chi connectivity index (χ0n) is 11.6. The molecule has 0 fully saturated rings. The van der Waals surface area contributed by atoms with Crippen molar-refractivity contribution in [1.29, 1.82) is 0 Å². The van der Waals surface area contributed by atoms with Crippen molar-refractivity contribution in [2.45, 2.75) is 13.3 Å². The van der Waals surface area contributed by atoms with Crippen LogP contribution in [-0.4, -0.2) is 58.8 Å². The number of thiocarbonyl (C=S) groups is 2. The van der Waals surface area contributed by atoms with Crippen LogP contribution in [0.1, 0.15) is 13.3 Å². The summed E-state index contributed by atoms with van der Waals surface area (Å²) < 4.78 is 4.84. The first kappa shape index (κ1) is 18.2. The van der Waals surface area contributed by atoms with Crippen molar-refractivity contribution in [1.82, 2.24) is 10.0 Å². The van der Waals surface area contributed by atoms with E-state index in [1.165, 1.54) is 16.2 Å². The summed E-state index contributed by atoms with van der Waals surface area (Å²) in [5.41, 5.74) is 11.1. The number of hydrogen-bond donors (Lipinski definition) is 2. The van der Waals surface area contributed by atoms with Crippen LogP contribution in [0.15, 0.2) is 10.2 Å². The summed E-state index contributed by atoms with van der Waals surface area (Å²) in [6, 6.07) is 0. The van der Waals surface area contributed by atoms with E-state index in [1.54, 1.807) is 21.0 Å². The Morgan fingerprint density at radius 3 is 2.25 bits per heavy atom. The Labute approximate surface area is 128 Å². The van der Waals surface area contributed by atoms with Gasteiger partial charge in [0.25, 0.3) is 0 Å². The second-order valence-electron chi connectivity index (χ2n) is 3.54. The first-order valence-electron chi connectivity index (χ1n) is 5.61. The summed E-state index contributed by atoms with van der Waals surface area (Å²) in [7, 11) is 3.12. The molecular formula is C10H18N6O2S2. The van der Waals surface area contributed by atoms with Gasteiger partial charge in [-0.25, -0.2) is 10.0 Å². The molecule has 0 heterocycles. The average molecular weight is 318 g/mol. The van der Waals surface area contributed by atoms with Gasteiger partial charge in [-0.15, -0.1) is 0 Å². The maximum absolute atomic E-state index is 11.5. The highest BCUT2D eigenvalue weighted by atomic mass is 32.1. The lowest BCUT2D eigenvalue weighted by Gasteiger charge is -2.13. The van der Waals surface area contributed by atoms with Crippen LogP contribution in [0.3, 0.4) is 0 Å². The van der Waals surface area contributed by atoms with E-state index in [0.29, 0.717) is 5.71 Å². The van der Waals surface area contributed by atoms with E-state index in [-0.39, 0.29) is 23.3 Å². The molecule has 0 spiro atoms. The molecule has 0 aromatic carbocycles. The summed E-state index contributed by atoms with van der Waals surface area (Å²) in [5.74, 6) is -0.438. The van der Waals surface area contributed by atoms with Gasteiger partial charge in [-0.05, 0) is 31.4 Å². The van der Waals surface area contributed by atoms with E-state index in [1.807, 2.05) is 0 Å². The Balaban J connectivity index is 5.01. The van der Waals surface area contributed by atoms with Gasteiger partial charge in [-0.3, -0.25) is 4.79 Å². The second kappa shape index (κ2) is 9.15. The number of nitrogens with two attached hydrogens (primary N) is 2. The van der Waals surface area contributed by atoms with Crippen LogP contribution in [0.2, 0.25) is 0 Å². The summed E-state index contributed by atoms with van der Waals surface area (Å²) >= 11 is 9.50. The van der Waals surface area contributed by atoms with Crippen molar-refractivity contribution in [2.75, 3.05) is 20.7 Å². The van der Waals surface area contributed by atoms with Crippen molar-refractivity contribution in [3.05, 3.63) is 0 Å². The highest BCUT2D eigenvalue weighted by Crippen LogP contribution is 1.95. The van der Waals surface area contributed by atoms with Crippen LogP contribution in [0.4, 0.5) is 0 Å². The van der Waals surface area contributed by atoms with E-state index < -0.39 is 5.97 Å². The number of carbonyl (C=O) groups excluding carboxylic acids is 1. The highest BCUT2D eigenvalue weighted by molar-refractivity contribution is 7.80. The zero-order valence-corrected chi connectivity index (χ0v) is 13.2. The zero-order chi connectivity index (χ0) is 15.7. The Morgan fingerprint density at radius 2 is 1.80 bits per heavy atom. The van der Waals surface area contributed by atoms with Crippen molar-refractivity contribution in [3.8, 4) is 0 Å². The van der Waals surface area contributed by atoms with Crippen LogP contribution in [-0.2, 0) is 9.53 Å². The molecule has 0 saturated carbocycles. The molecule has 8 nitrogen and oxygen atoms in total. The van der Waals surface area contributed by atoms with Gasteiger partial charge in [-0.1, -0.05) is 0 Å². The third-order valence-corrected chi connectivity index (χ3v) is 2.46. The number of ether oxygens (including phenoxy) is 1. The minimum atomic E-state index is -0.438. The molecule has 0 aromatic heterocycles. The van der Waals surface area contributed by atoms with Crippen LogP contribution in [0.25, 0.3) is 0 Å². The van der Waals surface area contributed by atoms with E-state index >= 15 is 0 Å². The molecule has 20 heavy (non-hydrogen) atoms. The molecule has 112 valence electrons. The lowest BCUT2D eigenvalue weighted by Crippen LogP contribution is -2.30. The maximum atomic E-state index is 11.5. The predicted octanol–water partition coefficient (Wildman–Crippen LogP) is -0.368. The molecule has 0 atom stereocenters. The van der Waals surface area contributed by atoms with Crippen molar-refractivity contribution >= 4 is 52.6 Å². The predicted molar refractivity (Wildman–Crippen MR) is 86.3 cm³/mol. The van der Waals surface area contributed by atoms with E-state index in [9.17, 15) is 4.79 Å². The van der Waals surface area contributed by atoms with Crippen LogP contribution in [0, 0.1) is 0 Å². The van der Waals surface area contributed by atoms with Gasteiger partial charge in [-0.2, -0.15) is 10.2 Å². The van der Waals surface area contributed by atoms with Crippen LogP contribution >= 0.6 is 24.4 Å². The molecule has 0 saturated heterocycles. The summed E-state index contributed by atoms with van der Waals surface area (Å²) in [4.78, 5) is 11.5. The van der Waals surface area contributed by atoms with Crippen LogP contribution < -0.4 is 11.5 Å². The minimum absolute atomic E-state index is 0.0578. The SMILES string of the molecule is CCOC(=O)CC(C=NN(C)C(N)=S)=NN(C)C(N)=S. The Morgan fingerprint density at radius 1 is 1.25 bits per heavy atom. The van der Waals surface area contributed by atoms with Crippen LogP contribution in [0.5, 0.6) is 0 Å². The van der Waals surface area contributed by atoms with Gasteiger partial charge >= 0.3 is 5.97 Å². The second-order valence-corrected chi connectivity index (χ2v) is 4.38. The quantitative estimate of drug-likeness (QED) is 0.295. The average Bonchev–Trinajstić information content (AvgIpc) is 2.35. The molecule has 0 aliphatic carbocycles. The highest BCUT2D eigenvalue weighted by Gasteiger charge is 2.09. The monoisotopic (exact) mass is 318 g/mol. The van der Waals surface area contributed by atoms with Gasteiger partial charge in [0.05, 0.1) is 25.0 Å². The Kier molecular flexibility index (Phi) is 8.32. The van der Waals surface area contributed by atoms with Crippen molar-refractivity contribution in [2.24, 2.45) is 21.7 Å². The number of carbonyl (C=O) groups is 1. The summed E-state index contributed by atoms with van der Waals surface area (Å²) in [6.45, 7) is 1.99. The molecule has 4 N–H and O–H groups in total. The van der Waals surface area contributed by atoms with Crippen molar-refractivity contribution < 1.29 is 9.53 Å². The third-order valence-electron chi connectivity index (χ3n) is 1.93. The first-order chi connectivity index (χ1) is 9.27. The largest absolute Gasteiger partial charge is 0.466 e. The van der Waals surface area contributed by atoms with Crippen molar-refractivity contribution in [3.63, 3.8) is 0 Å². The minimum Gasteiger partial charge on any atom is -0.466 e. The fourth-order valence-corrected chi connectivity index (χ4v) is 1.01. The molecule has 0 unspecified atom stereocenters. The third kappa shape index (κ3) is 7.59. The molecule has 10 heteroatoms. The molecular weight excluding hydrogens is 300 g/mol. The Bertz CT molecular complexity index is 437. The van der Waals surface area contributed by atoms with Gasteiger partial charge in [0.15, 0.2) is 10.2 Å². The molecule has 0 radical (unpaired) electrons. The number of hydrazone groups is 2. The van der Waals surface area contributed by atoms with E-state index in [4.69, 9.17) is 40.6 Å². The van der Waals surface area contributed by atoms with Gasteiger partial charge < -0.3 is 16.2 Å². The molecule has 0 amide bonds. The number of rotatable bonds is 6. The standard InChI is InChI=1S/C10H18N6O2S2/c1-4-18-8(17)5-7(14-16(3)10(12)20)6-13-15(2)9(11)19/h6H,4-5H2,1-3H3,(H2,11,19)(H2,12,20). The number of hydrogen-bond acceptors (Lipinski definition) is 6. The summed E-state index contributed by atoms with van der Waals surface area (Å²) in [6.07, 6.45) is 1.26.